The number of hydrogen-bond acceptors (Lipinski definition) is 5. The molecule has 0 amide bonds. The molecule has 8 heteroatoms. The molecule has 2 aromatic carbocycles. The lowest BCUT2D eigenvalue weighted by molar-refractivity contribution is -0.151. The van der Waals surface area contributed by atoms with Crippen LogP contribution in [0.2, 0.25) is 5.02 Å². The van der Waals surface area contributed by atoms with Gasteiger partial charge in [0.05, 0.1) is 22.7 Å². The summed E-state index contributed by atoms with van der Waals surface area (Å²) in [6.45, 7) is 1.76. The Labute approximate surface area is 175 Å². The number of fused-ring (bicyclic) bond motifs is 1. The Morgan fingerprint density at radius 3 is 2.67 bits per heavy atom. The van der Waals surface area contributed by atoms with Gasteiger partial charge in [-0.15, -0.1) is 0 Å². The number of esters is 1. The van der Waals surface area contributed by atoms with Crippen LogP contribution in [0.3, 0.4) is 0 Å². The number of carbonyl (C=O) groups is 2. The summed E-state index contributed by atoms with van der Waals surface area (Å²) in [5.41, 5.74) is 0.549. The second kappa shape index (κ2) is 8.92. The summed E-state index contributed by atoms with van der Waals surface area (Å²) in [7, 11) is 0. The average molecular weight is 430 g/mol. The highest BCUT2D eigenvalue weighted by atomic mass is 35.5. The van der Waals surface area contributed by atoms with E-state index in [0.717, 1.165) is 0 Å². The molecule has 3 rings (SSSR count). The van der Waals surface area contributed by atoms with Crippen molar-refractivity contribution in [3.05, 3.63) is 86.9 Å². The van der Waals surface area contributed by atoms with Crippen molar-refractivity contribution in [2.45, 2.75) is 13.5 Å². The molecule has 0 saturated carbocycles. The molecule has 0 atom stereocenters. The van der Waals surface area contributed by atoms with Crippen LogP contribution in [0.4, 0.5) is 4.39 Å². The van der Waals surface area contributed by atoms with Crippen LogP contribution < -0.4 is 5.43 Å². The number of benzene rings is 2. The molecule has 1 heterocycles. The number of ether oxygens (including phenoxy) is 1. The maximum atomic E-state index is 13.5. The summed E-state index contributed by atoms with van der Waals surface area (Å²) in [5.74, 6) is -3.43. The number of rotatable bonds is 6. The largest absolute Gasteiger partial charge is 0.507 e. The quantitative estimate of drug-likeness (QED) is 0.278. The van der Waals surface area contributed by atoms with Crippen LogP contribution in [-0.4, -0.2) is 28.0 Å². The third-order valence-corrected chi connectivity index (χ3v) is 4.63. The first-order valence-electron chi connectivity index (χ1n) is 9.00. The number of aromatic nitrogens is 1. The smallest absolute Gasteiger partial charge is 0.379 e. The maximum absolute atomic E-state index is 13.5. The van der Waals surface area contributed by atoms with E-state index in [0.29, 0.717) is 22.5 Å². The number of aliphatic hydroxyl groups is 1. The molecule has 3 aromatic rings. The molecule has 1 aromatic heterocycles. The third kappa shape index (κ3) is 4.41. The first kappa shape index (κ1) is 21.3. The predicted octanol–water partition coefficient (Wildman–Crippen LogP) is 3.87. The molecule has 0 radical (unpaired) electrons. The molecule has 0 aliphatic rings. The number of carbonyl (C=O) groups excluding carboxylic acids is 2. The molecule has 0 aliphatic heterocycles. The van der Waals surface area contributed by atoms with E-state index < -0.39 is 28.8 Å². The van der Waals surface area contributed by atoms with Gasteiger partial charge in [0.15, 0.2) is 5.43 Å². The second-order valence-electron chi connectivity index (χ2n) is 6.38. The Hall–Kier alpha value is -3.45. The third-order valence-electron chi connectivity index (χ3n) is 4.34. The molecular weight excluding hydrogens is 413 g/mol. The topological polar surface area (TPSA) is 85.6 Å². The van der Waals surface area contributed by atoms with Gasteiger partial charge in [0.1, 0.15) is 11.6 Å². The highest BCUT2D eigenvalue weighted by molar-refractivity contribution is 6.39. The predicted molar refractivity (Wildman–Crippen MR) is 111 cm³/mol. The number of pyridine rings is 1. The number of aliphatic hydroxyl groups excluding tert-OH is 1. The number of para-hydroxylation sites is 1. The van der Waals surface area contributed by atoms with E-state index in [1.165, 1.54) is 18.3 Å². The van der Waals surface area contributed by atoms with Gasteiger partial charge in [-0.25, -0.2) is 9.18 Å². The van der Waals surface area contributed by atoms with Gasteiger partial charge in [-0.3, -0.25) is 9.59 Å². The van der Waals surface area contributed by atoms with Gasteiger partial charge in [-0.05, 0) is 36.8 Å². The summed E-state index contributed by atoms with van der Waals surface area (Å²) in [6, 6.07) is 11.0. The Kier molecular flexibility index (Phi) is 6.32. The van der Waals surface area contributed by atoms with Crippen LogP contribution in [0, 0.1) is 5.82 Å². The minimum absolute atomic E-state index is 0.00217. The molecule has 1 N–H and O–H groups in total. The zero-order valence-corrected chi connectivity index (χ0v) is 16.6. The molecule has 30 heavy (non-hydrogen) atoms. The molecule has 0 fully saturated rings. The lowest BCUT2D eigenvalue weighted by Gasteiger charge is -2.14. The van der Waals surface area contributed by atoms with Crippen LogP contribution in [0.5, 0.6) is 0 Å². The number of halogens is 2. The van der Waals surface area contributed by atoms with Gasteiger partial charge in [0, 0.05) is 24.2 Å². The van der Waals surface area contributed by atoms with E-state index in [2.05, 4.69) is 4.74 Å². The Morgan fingerprint density at radius 2 is 1.97 bits per heavy atom. The van der Waals surface area contributed by atoms with E-state index in [4.69, 9.17) is 11.6 Å². The normalized spacial score (nSPS) is 11.5. The molecule has 154 valence electrons. The fourth-order valence-electron chi connectivity index (χ4n) is 2.96. The van der Waals surface area contributed by atoms with E-state index in [1.54, 1.807) is 41.8 Å². The summed E-state index contributed by atoms with van der Waals surface area (Å²) in [6.07, 6.45) is 2.02. The molecule has 0 aliphatic carbocycles. The van der Waals surface area contributed by atoms with Crippen LogP contribution in [0.25, 0.3) is 16.7 Å². The van der Waals surface area contributed by atoms with Crippen molar-refractivity contribution in [1.82, 2.24) is 4.57 Å². The number of hydrogen-bond donors (Lipinski definition) is 1. The molecule has 0 unspecified atom stereocenters. The van der Waals surface area contributed by atoms with Gasteiger partial charge in [0.2, 0.25) is 0 Å². The monoisotopic (exact) mass is 429 g/mol. The molecule has 6 nitrogen and oxygen atoms in total. The highest BCUT2D eigenvalue weighted by Gasteiger charge is 2.17. The first-order valence-corrected chi connectivity index (χ1v) is 9.37. The summed E-state index contributed by atoms with van der Waals surface area (Å²) in [5, 5.41) is 10.6. The Morgan fingerprint density at radius 1 is 1.23 bits per heavy atom. The molecule has 0 spiro atoms. The lowest BCUT2D eigenvalue weighted by Crippen LogP contribution is -2.18. The van der Waals surface area contributed by atoms with Crippen molar-refractivity contribution in [1.29, 1.82) is 0 Å². The highest BCUT2D eigenvalue weighted by Crippen LogP contribution is 2.20. The van der Waals surface area contributed by atoms with E-state index in [9.17, 15) is 23.9 Å². The minimum Gasteiger partial charge on any atom is -0.507 e. The molecule has 0 bridgehead atoms. The Balaban J connectivity index is 2.11. The average Bonchev–Trinajstić information content (AvgIpc) is 2.72. The van der Waals surface area contributed by atoms with Crippen LogP contribution in [-0.2, 0) is 20.9 Å². The molecular formula is C22H17ClFNO5. The van der Waals surface area contributed by atoms with Crippen LogP contribution >= 0.6 is 11.6 Å². The standard InChI is InChI=1S/C22H17ClFNO5/c1-2-30-22(29)20(27)10-19(26)15-12-25(11-13-7-8-17(24)16(23)9-13)18-6-4-3-5-14(18)21(15)28/h3-10,12,26H,2,11H2,1H3/b19-10-. The summed E-state index contributed by atoms with van der Waals surface area (Å²) in [4.78, 5) is 36.2. The van der Waals surface area contributed by atoms with Gasteiger partial charge in [-0.2, -0.15) is 0 Å². The van der Waals surface area contributed by atoms with E-state index in [1.807, 2.05) is 0 Å². The van der Waals surface area contributed by atoms with Crippen molar-refractivity contribution in [3.63, 3.8) is 0 Å². The van der Waals surface area contributed by atoms with Crippen LogP contribution in [0.1, 0.15) is 18.1 Å². The lowest BCUT2D eigenvalue weighted by atomic mass is 10.1. The van der Waals surface area contributed by atoms with Gasteiger partial charge in [-0.1, -0.05) is 29.8 Å². The zero-order valence-electron chi connectivity index (χ0n) is 15.9. The van der Waals surface area contributed by atoms with Crippen LogP contribution in [0.15, 0.2) is 59.5 Å². The summed E-state index contributed by atoms with van der Waals surface area (Å²) < 4.78 is 19.7. The van der Waals surface area contributed by atoms with Crippen molar-refractivity contribution in [2.75, 3.05) is 6.61 Å². The Bertz CT molecular complexity index is 1230. The fourth-order valence-corrected chi connectivity index (χ4v) is 3.16. The zero-order chi connectivity index (χ0) is 21.8. The van der Waals surface area contributed by atoms with Gasteiger partial charge >= 0.3 is 5.97 Å². The van der Waals surface area contributed by atoms with Crippen molar-refractivity contribution >= 4 is 40.0 Å². The maximum Gasteiger partial charge on any atom is 0.379 e. The molecule has 0 saturated heterocycles. The fraction of sp³-hybridized carbons (Fsp3) is 0.136. The SMILES string of the molecule is CCOC(=O)C(=O)/C=C(\O)c1cn(Cc2ccc(F)c(Cl)c2)c2ccccc2c1=O. The van der Waals surface area contributed by atoms with Crippen molar-refractivity contribution in [3.8, 4) is 0 Å². The number of nitrogens with zero attached hydrogens (tertiary/aromatic N) is 1. The van der Waals surface area contributed by atoms with Crippen molar-refractivity contribution in [2.24, 2.45) is 0 Å². The van der Waals surface area contributed by atoms with Gasteiger partial charge < -0.3 is 14.4 Å². The van der Waals surface area contributed by atoms with E-state index >= 15 is 0 Å². The van der Waals surface area contributed by atoms with E-state index in [-0.39, 0.29) is 23.7 Å². The van der Waals surface area contributed by atoms with Crippen molar-refractivity contribution < 1.29 is 23.8 Å². The minimum atomic E-state index is -1.13. The first-order chi connectivity index (χ1) is 14.3. The second-order valence-corrected chi connectivity index (χ2v) is 6.79. The number of ketones is 1. The summed E-state index contributed by atoms with van der Waals surface area (Å²) >= 11 is 5.85. The van der Waals surface area contributed by atoms with Gasteiger partial charge in [0.25, 0.3) is 5.78 Å².